The van der Waals surface area contributed by atoms with Crippen LogP contribution < -0.4 is 5.32 Å². The van der Waals surface area contributed by atoms with E-state index >= 15 is 0 Å². The standard InChI is InChI=1S/C16H16Cl2FN/c1-10-3-5-12(9-13(10)17)16(20-2)8-11-4-6-15(19)14(18)7-11/h3-7,9,16,20H,8H2,1-2H3. The first-order chi connectivity index (χ1) is 9.51. The summed E-state index contributed by atoms with van der Waals surface area (Å²) in [6, 6.07) is 10.9. The SMILES string of the molecule is CNC(Cc1ccc(F)c(Cl)c1)c1ccc(C)c(Cl)c1. The van der Waals surface area contributed by atoms with Gasteiger partial charge in [-0.2, -0.15) is 0 Å². The average Bonchev–Trinajstić information content (AvgIpc) is 2.43. The van der Waals surface area contributed by atoms with E-state index in [4.69, 9.17) is 23.2 Å². The Morgan fingerprint density at radius 1 is 1.10 bits per heavy atom. The fourth-order valence-corrected chi connectivity index (χ4v) is 2.51. The summed E-state index contributed by atoms with van der Waals surface area (Å²) < 4.78 is 13.2. The Hall–Kier alpha value is -1.09. The zero-order valence-corrected chi connectivity index (χ0v) is 12.9. The van der Waals surface area contributed by atoms with Crippen molar-refractivity contribution in [3.05, 3.63) is 69.0 Å². The van der Waals surface area contributed by atoms with Crippen LogP contribution in [0.3, 0.4) is 0 Å². The summed E-state index contributed by atoms with van der Waals surface area (Å²) in [6.07, 6.45) is 0.718. The van der Waals surface area contributed by atoms with E-state index in [1.807, 2.05) is 32.2 Å². The first kappa shape index (κ1) is 15.3. The van der Waals surface area contributed by atoms with Crippen LogP contribution in [-0.4, -0.2) is 7.05 Å². The van der Waals surface area contributed by atoms with E-state index in [1.165, 1.54) is 6.07 Å². The van der Waals surface area contributed by atoms with E-state index in [0.29, 0.717) is 0 Å². The zero-order valence-electron chi connectivity index (χ0n) is 11.4. The van der Waals surface area contributed by atoms with Gasteiger partial charge in [-0.3, -0.25) is 0 Å². The summed E-state index contributed by atoms with van der Waals surface area (Å²) in [4.78, 5) is 0. The lowest BCUT2D eigenvalue weighted by molar-refractivity contribution is 0.589. The first-order valence-electron chi connectivity index (χ1n) is 6.38. The summed E-state index contributed by atoms with van der Waals surface area (Å²) in [6.45, 7) is 1.97. The van der Waals surface area contributed by atoms with Gasteiger partial charge in [-0.05, 0) is 55.3 Å². The molecule has 1 N–H and O–H groups in total. The molecule has 0 aliphatic heterocycles. The highest BCUT2D eigenvalue weighted by atomic mass is 35.5. The van der Waals surface area contributed by atoms with Crippen LogP contribution in [0.1, 0.15) is 22.7 Å². The van der Waals surface area contributed by atoms with Gasteiger partial charge in [0.05, 0.1) is 5.02 Å². The maximum atomic E-state index is 13.2. The minimum Gasteiger partial charge on any atom is -0.313 e. The Morgan fingerprint density at radius 2 is 1.85 bits per heavy atom. The molecule has 1 atom stereocenters. The molecule has 1 nitrogen and oxygen atoms in total. The van der Waals surface area contributed by atoms with Crippen molar-refractivity contribution in [2.75, 3.05) is 7.05 Å². The lowest BCUT2D eigenvalue weighted by Gasteiger charge is -2.18. The molecule has 0 amide bonds. The number of rotatable bonds is 4. The van der Waals surface area contributed by atoms with Crippen LogP contribution in [0.4, 0.5) is 4.39 Å². The predicted octanol–water partition coefficient (Wildman–Crippen LogP) is 4.94. The van der Waals surface area contributed by atoms with Crippen molar-refractivity contribution >= 4 is 23.2 Å². The number of nitrogens with one attached hydrogen (secondary N) is 1. The third-order valence-electron chi connectivity index (χ3n) is 3.37. The van der Waals surface area contributed by atoms with Gasteiger partial charge in [-0.15, -0.1) is 0 Å². The quantitative estimate of drug-likeness (QED) is 0.843. The number of aryl methyl sites for hydroxylation is 1. The Kier molecular flexibility index (Phi) is 5.03. The second kappa shape index (κ2) is 6.57. The molecule has 0 aliphatic carbocycles. The molecule has 0 spiro atoms. The number of hydrogen-bond acceptors (Lipinski definition) is 1. The molecule has 0 saturated carbocycles. The first-order valence-corrected chi connectivity index (χ1v) is 7.14. The van der Waals surface area contributed by atoms with Crippen molar-refractivity contribution in [3.8, 4) is 0 Å². The summed E-state index contributed by atoms with van der Waals surface area (Å²) in [5.74, 6) is -0.394. The van der Waals surface area contributed by atoms with Crippen LogP contribution in [0.25, 0.3) is 0 Å². The highest BCUT2D eigenvalue weighted by Crippen LogP contribution is 2.25. The molecule has 0 bridgehead atoms. The summed E-state index contributed by atoms with van der Waals surface area (Å²) in [7, 11) is 1.89. The van der Waals surface area contributed by atoms with Crippen LogP contribution in [0.15, 0.2) is 36.4 Å². The number of likely N-dealkylation sites (N-methyl/N-ethyl adjacent to an activating group) is 1. The van der Waals surface area contributed by atoms with Gasteiger partial charge in [0.25, 0.3) is 0 Å². The molecule has 106 valence electrons. The van der Waals surface area contributed by atoms with Crippen LogP contribution in [0.2, 0.25) is 10.0 Å². The summed E-state index contributed by atoms with van der Waals surface area (Å²) >= 11 is 12.0. The number of halogens is 3. The normalized spacial score (nSPS) is 12.4. The Morgan fingerprint density at radius 3 is 2.45 bits per heavy atom. The van der Waals surface area contributed by atoms with Crippen LogP contribution in [-0.2, 0) is 6.42 Å². The third-order valence-corrected chi connectivity index (χ3v) is 4.07. The number of benzene rings is 2. The Bertz CT molecular complexity index is 613. The molecule has 0 aliphatic rings. The van der Waals surface area contributed by atoms with Gasteiger partial charge in [0.2, 0.25) is 0 Å². The topological polar surface area (TPSA) is 12.0 Å². The molecule has 0 aromatic heterocycles. The van der Waals surface area contributed by atoms with E-state index in [-0.39, 0.29) is 11.1 Å². The molecule has 20 heavy (non-hydrogen) atoms. The van der Waals surface area contributed by atoms with Crippen molar-refractivity contribution in [2.45, 2.75) is 19.4 Å². The molecule has 1 unspecified atom stereocenters. The van der Waals surface area contributed by atoms with E-state index in [0.717, 1.165) is 28.1 Å². The molecular formula is C16H16Cl2FN. The molecule has 2 aromatic carbocycles. The molecule has 4 heteroatoms. The molecule has 0 saturated heterocycles. The lowest BCUT2D eigenvalue weighted by Crippen LogP contribution is -2.19. The van der Waals surface area contributed by atoms with Gasteiger partial charge < -0.3 is 5.32 Å². The van der Waals surface area contributed by atoms with Gasteiger partial charge >= 0.3 is 0 Å². The lowest BCUT2D eigenvalue weighted by atomic mass is 9.98. The Balaban J connectivity index is 2.23. The van der Waals surface area contributed by atoms with Gasteiger partial charge in [0, 0.05) is 11.1 Å². The predicted molar refractivity (Wildman–Crippen MR) is 83.1 cm³/mol. The second-order valence-corrected chi connectivity index (χ2v) is 5.62. The molecule has 2 aromatic rings. The van der Waals surface area contributed by atoms with E-state index in [1.54, 1.807) is 12.1 Å². The minimum absolute atomic E-state index is 0.106. The maximum Gasteiger partial charge on any atom is 0.141 e. The van der Waals surface area contributed by atoms with Crippen molar-refractivity contribution in [3.63, 3.8) is 0 Å². The van der Waals surface area contributed by atoms with Crippen molar-refractivity contribution in [2.24, 2.45) is 0 Å². The van der Waals surface area contributed by atoms with Crippen LogP contribution in [0.5, 0.6) is 0 Å². The van der Waals surface area contributed by atoms with E-state index < -0.39 is 5.82 Å². The number of hydrogen-bond donors (Lipinski definition) is 1. The smallest absolute Gasteiger partial charge is 0.141 e. The van der Waals surface area contributed by atoms with Crippen molar-refractivity contribution < 1.29 is 4.39 Å². The van der Waals surface area contributed by atoms with Gasteiger partial charge in [-0.25, -0.2) is 4.39 Å². The van der Waals surface area contributed by atoms with Gasteiger partial charge in [0.15, 0.2) is 0 Å². The van der Waals surface area contributed by atoms with Gasteiger partial charge in [0.1, 0.15) is 5.82 Å². The van der Waals surface area contributed by atoms with Crippen LogP contribution >= 0.6 is 23.2 Å². The molecule has 0 heterocycles. The van der Waals surface area contributed by atoms with E-state index in [9.17, 15) is 4.39 Å². The summed E-state index contributed by atoms with van der Waals surface area (Å²) in [5.41, 5.74) is 3.13. The van der Waals surface area contributed by atoms with Crippen molar-refractivity contribution in [1.82, 2.24) is 5.32 Å². The molecule has 2 rings (SSSR count). The monoisotopic (exact) mass is 311 g/mol. The van der Waals surface area contributed by atoms with Gasteiger partial charge in [-0.1, -0.05) is 41.4 Å². The third kappa shape index (κ3) is 3.51. The highest BCUT2D eigenvalue weighted by Gasteiger charge is 2.12. The molecule has 0 radical (unpaired) electrons. The average molecular weight is 312 g/mol. The molecular weight excluding hydrogens is 296 g/mol. The minimum atomic E-state index is -0.394. The van der Waals surface area contributed by atoms with E-state index in [2.05, 4.69) is 5.32 Å². The molecule has 0 fully saturated rings. The largest absolute Gasteiger partial charge is 0.313 e. The van der Waals surface area contributed by atoms with Crippen LogP contribution in [0, 0.1) is 12.7 Å². The fraction of sp³-hybridized carbons (Fsp3) is 0.250. The van der Waals surface area contributed by atoms with Crippen molar-refractivity contribution in [1.29, 1.82) is 0 Å². The highest BCUT2D eigenvalue weighted by molar-refractivity contribution is 6.31. The Labute approximate surface area is 128 Å². The second-order valence-electron chi connectivity index (χ2n) is 4.80. The summed E-state index contributed by atoms with van der Waals surface area (Å²) in [5, 5.41) is 4.15. The maximum absolute atomic E-state index is 13.2. The fourth-order valence-electron chi connectivity index (χ4n) is 2.11. The zero-order chi connectivity index (χ0) is 14.7.